The van der Waals surface area contributed by atoms with Crippen LogP contribution < -0.4 is 21.0 Å². The Labute approximate surface area is 251 Å². The molecule has 2 aromatic carbocycles. The van der Waals surface area contributed by atoms with Crippen molar-refractivity contribution >= 4 is 52.0 Å². The predicted molar refractivity (Wildman–Crippen MR) is 162 cm³/mol. The van der Waals surface area contributed by atoms with Gasteiger partial charge in [0.05, 0.1) is 24.7 Å². The first-order valence-corrected chi connectivity index (χ1v) is 14.3. The minimum atomic E-state index is -0.594. The SMILES string of the molecule is CC(=O)c1ccc(N2C(=O)CC(N3CCN(c4nc5c(c(=O)n(C)c(=O)n5C)n4Cc4ccc(Cl)cc4)CC3)C2=O)cc1. The van der Waals surface area contributed by atoms with E-state index in [9.17, 15) is 24.0 Å². The number of aromatic nitrogens is 4. The van der Waals surface area contributed by atoms with Gasteiger partial charge in [0.2, 0.25) is 11.9 Å². The van der Waals surface area contributed by atoms with Gasteiger partial charge in [-0.3, -0.25) is 37.8 Å². The second kappa shape index (κ2) is 10.9. The highest BCUT2D eigenvalue weighted by Crippen LogP contribution is 2.28. The van der Waals surface area contributed by atoms with Gasteiger partial charge in [-0.25, -0.2) is 9.69 Å². The van der Waals surface area contributed by atoms with Crippen LogP contribution in [0.1, 0.15) is 29.3 Å². The number of amides is 2. The lowest BCUT2D eigenvalue weighted by Crippen LogP contribution is -2.53. The first-order valence-electron chi connectivity index (χ1n) is 13.9. The Morgan fingerprint density at radius 3 is 2.19 bits per heavy atom. The number of hydrogen-bond acceptors (Lipinski definition) is 8. The summed E-state index contributed by atoms with van der Waals surface area (Å²) in [5.74, 6) is -0.119. The maximum absolute atomic E-state index is 13.4. The lowest BCUT2D eigenvalue weighted by atomic mass is 10.1. The Morgan fingerprint density at radius 1 is 0.907 bits per heavy atom. The first kappa shape index (κ1) is 28.6. The zero-order valence-electron chi connectivity index (χ0n) is 24.0. The Hall–Kier alpha value is -4.55. The second-order valence-corrected chi connectivity index (χ2v) is 11.4. The van der Waals surface area contributed by atoms with Crippen LogP contribution in [0.25, 0.3) is 11.2 Å². The summed E-state index contributed by atoms with van der Waals surface area (Å²) >= 11 is 6.09. The highest BCUT2D eigenvalue weighted by molar-refractivity contribution is 6.30. The number of carbonyl (C=O) groups excluding carboxylic acids is 3. The van der Waals surface area contributed by atoms with Crippen molar-refractivity contribution in [2.75, 3.05) is 36.0 Å². The molecule has 2 aliphatic heterocycles. The molecule has 2 saturated heterocycles. The average molecular weight is 604 g/mol. The summed E-state index contributed by atoms with van der Waals surface area (Å²) in [4.78, 5) is 74.0. The van der Waals surface area contributed by atoms with E-state index in [2.05, 4.69) is 0 Å². The summed E-state index contributed by atoms with van der Waals surface area (Å²) in [5.41, 5.74) is 1.58. The Morgan fingerprint density at radius 2 is 1.56 bits per heavy atom. The minimum absolute atomic E-state index is 0.0700. The number of hydrogen-bond donors (Lipinski definition) is 0. The van der Waals surface area contributed by atoms with Crippen LogP contribution in [0.4, 0.5) is 11.6 Å². The molecule has 0 spiro atoms. The second-order valence-electron chi connectivity index (χ2n) is 10.9. The van der Waals surface area contributed by atoms with Crippen molar-refractivity contribution in [1.29, 1.82) is 0 Å². The fourth-order valence-corrected chi connectivity index (χ4v) is 5.98. The largest absolute Gasteiger partial charge is 0.340 e. The summed E-state index contributed by atoms with van der Waals surface area (Å²) in [6, 6.07) is 13.2. The summed E-state index contributed by atoms with van der Waals surface area (Å²) < 4.78 is 4.27. The van der Waals surface area contributed by atoms with E-state index in [1.807, 2.05) is 26.5 Å². The number of benzene rings is 2. The molecule has 222 valence electrons. The van der Waals surface area contributed by atoms with Gasteiger partial charge in [-0.1, -0.05) is 23.7 Å². The molecule has 1 atom stereocenters. The van der Waals surface area contributed by atoms with Crippen LogP contribution in [0, 0.1) is 0 Å². The zero-order chi connectivity index (χ0) is 30.6. The lowest BCUT2D eigenvalue weighted by Gasteiger charge is -2.37. The molecule has 4 heterocycles. The molecule has 0 N–H and O–H groups in total. The third-order valence-electron chi connectivity index (χ3n) is 8.27. The minimum Gasteiger partial charge on any atom is -0.340 e. The highest BCUT2D eigenvalue weighted by Gasteiger charge is 2.43. The molecule has 6 rings (SSSR count). The van der Waals surface area contributed by atoms with Crippen molar-refractivity contribution in [3.8, 4) is 0 Å². The number of fused-ring (bicyclic) bond motifs is 1. The molecule has 0 saturated carbocycles. The maximum atomic E-state index is 13.4. The molecule has 0 aliphatic carbocycles. The van der Waals surface area contributed by atoms with Crippen molar-refractivity contribution in [2.24, 2.45) is 14.1 Å². The van der Waals surface area contributed by atoms with Crippen molar-refractivity contribution in [3.05, 3.63) is 85.5 Å². The number of carbonyl (C=O) groups is 3. The van der Waals surface area contributed by atoms with Crippen LogP contribution >= 0.6 is 11.6 Å². The topological polar surface area (TPSA) is 123 Å². The van der Waals surface area contributed by atoms with E-state index >= 15 is 0 Å². The molecular formula is C30H30ClN7O5. The van der Waals surface area contributed by atoms with Crippen molar-refractivity contribution < 1.29 is 14.4 Å². The molecule has 2 aliphatic rings. The van der Waals surface area contributed by atoms with Gasteiger partial charge in [0.1, 0.15) is 0 Å². The number of halogens is 1. The normalized spacial score (nSPS) is 17.8. The molecule has 2 fully saturated rings. The van der Waals surface area contributed by atoms with Crippen LogP contribution in [0.5, 0.6) is 0 Å². The molecule has 0 bridgehead atoms. The van der Waals surface area contributed by atoms with Gasteiger partial charge >= 0.3 is 5.69 Å². The molecule has 0 radical (unpaired) electrons. The Bertz CT molecular complexity index is 1880. The summed E-state index contributed by atoms with van der Waals surface area (Å²) in [7, 11) is 3.04. The third-order valence-corrected chi connectivity index (χ3v) is 8.53. The van der Waals surface area contributed by atoms with Gasteiger partial charge in [0.25, 0.3) is 11.5 Å². The van der Waals surface area contributed by atoms with Crippen LogP contribution in [0.2, 0.25) is 5.02 Å². The van der Waals surface area contributed by atoms with Crippen LogP contribution in [0.15, 0.2) is 58.1 Å². The van der Waals surface area contributed by atoms with Crippen LogP contribution in [-0.4, -0.2) is 73.4 Å². The number of aryl methyl sites for hydroxylation is 1. The van der Waals surface area contributed by atoms with Crippen molar-refractivity contribution in [1.82, 2.24) is 23.6 Å². The van der Waals surface area contributed by atoms with Gasteiger partial charge < -0.3 is 4.90 Å². The lowest BCUT2D eigenvalue weighted by molar-refractivity contribution is -0.123. The van der Waals surface area contributed by atoms with Gasteiger partial charge in [0, 0.05) is 50.9 Å². The van der Waals surface area contributed by atoms with E-state index in [0.29, 0.717) is 66.1 Å². The molecular weight excluding hydrogens is 574 g/mol. The number of anilines is 2. The molecule has 2 amide bonds. The van der Waals surface area contributed by atoms with Gasteiger partial charge in [0.15, 0.2) is 16.9 Å². The number of imide groups is 1. The molecule has 2 aromatic heterocycles. The summed E-state index contributed by atoms with van der Waals surface area (Å²) in [6.45, 7) is 3.75. The quantitative estimate of drug-likeness (QED) is 0.241. The van der Waals surface area contributed by atoms with E-state index in [1.165, 1.54) is 23.4 Å². The number of ketones is 1. The van der Waals surface area contributed by atoms with E-state index in [-0.39, 0.29) is 24.0 Å². The number of rotatable bonds is 6. The smallest absolute Gasteiger partial charge is 0.332 e. The molecule has 43 heavy (non-hydrogen) atoms. The number of Topliss-reactive ketones (excluding diaryl/α,β-unsaturated/α-hetero) is 1. The molecule has 12 nitrogen and oxygen atoms in total. The standard InChI is InChI=1S/C30H30ClN7O5/c1-18(39)20-6-10-22(11-7-20)38-24(40)16-23(27(38)41)35-12-14-36(15-13-35)29-32-26-25(28(42)34(3)30(43)33(26)2)37(29)17-19-4-8-21(31)9-5-19/h4-11,23H,12-17H2,1-3H3. The summed E-state index contributed by atoms with van der Waals surface area (Å²) in [6.07, 6.45) is 0.0700. The Kier molecular flexibility index (Phi) is 7.26. The molecule has 1 unspecified atom stereocenters. The van der Waals surface area contributed by atoms with Gasteiger partial charge in [-0.2, -0.15) is 4.98 Å². The number of nitrogens with zero attached hydrogens (tertiary/aromatic N) is 7. The third kappa shape index (κ3) is 4.96. The van der Waals surface area contributed by atoms with Crippen LogP contribution in [-0.2, 0) is 30.2 Å². The van der Waals surface area contributed by atoms with E-state index in [0.717, 1.165) is 10.1 Å². The van der Waals surface area contributed by atoms with Crippen molar-refractivity contribution in [2.45, 2.75) is 25.9 Å². The highest BCUT2D eigenvalue weighted by atomic mass is 35.5. The maximum Gasteiger partial charge on any atom is 0.332 e. The fourth-order valence-electron chi connectivity index (χ4n) is 5.85. The van der Waals surface area contributed by atoms with E-state index in [4.69, 9.17) is 16.6 Å². The molecule has 13 heteroatoms. The number of piperazine rings is 1. The van der Waals surface area contributed by atoms with E-state index < -0.39 is 17.3 Å². The molecule has 4 aromatic rings. The predicted octanol–water partition coefficient (Wildman–Crippen LogP) is 1.79. The monoisotopic (exact) mass is 603 g/mol. The zero-order valence-corrected chi connectivity index (χ0v) is 24.7. The Balaban J connectivity index is 1.26. The van der Waals surface area contributed by atoms with Gasteiger partial charge in [-0.15, -0.1) is 0 Å². The van der Waals surface area contributed by atoms with Gasteiger partial charge in [-0.05, 0) is 48.9 Å². The number of imidazole rings is 1. The average Bonchev–Trinajstić information content (AvgIpc) is 3.52. The van der Waals surface area contributed by atoms with Crippen LogP contribution in [0.3, 0.4) is 0 Å². The van der Waals surface area contributed by atoms with Crippen molar-refractivity contribution in [3.63, 3.8) is 0 Å². The summed E-state index contributed by atoms with van der Waals surface area (Å²) in [5, 5.41) is 0.598. The fraction of sp³-hybridized carbons (Fsp3) is 0.333. The van der Waals surface area contributed by atoms with E-state index in [1.54, 1.807) is 43.4 Å². The first-order chi connectivity index (χ1) is 20.5.